The molecule has 5 heteroatoms. The molecular formula is C28H25NO4. The maximum Gasteiger partial charge on any atom is 0.334 e. The van der Waals surface area contributed by atoms with Crippen LogP contribution in [0.5, 0.6) is 5.75 Å². The van der Waals surface area contributed by atoms with Crippen molar-refractivity contribution in [3.63, 3.8) is 0 Å². The van der Waals surface area contributed by atoms with Crippen molar-refractivity contribution >= 4 is 23.1 Å². The van der Waals surface area contributed by atoms with E-state index in [1.54, 1.807) is 26.0 Å². The second kappa shape index (κ2) is 7.93. The molecule has 5 rings (SSSR count). The van der Waals surface area contributed by atoms with Crippen LogP contribution >= 0.6 is 0 Å². The Morgan fingerprint density at radius 1 is 1.00 bits per heavy atom. The van der Waals surface area contributed by atoms with Crippen molar-refractivity contribution in [3.8, 4) is 5.75 Å². The van der Waals surface area contributed by atoms with Crippen molar-refractivity contribution in [3.05, 3.63) is 101 Å². The topological polar surface area (TPSA) is 55.8 Å². The maximum absolute atomic E-state index is 13.9. The van der Waals surface area contributed by atoms with Gasteiger partial charge < -0.3 is 14.4 Å². The Labute approximate surface area is 193 Å². The lowest BCUT2D eigenvalue weighted by Gasteiger charge is -2.37. The van der Waals surface area contributed by atoms with Crippen molar-refractivity contribution in [2.24, 2.45) is 0 Å². The SMILES string of the molecule is CCOC(=O)C1=C(c2ccccc2)c2cc(OC)ccc2C2(C1)C(=O)N(C)c1ccccc12. The number of methoxy groups -OCH3 is 1. The second-order valence-corrected chi connectivity index (χ2v) is 8.31. The van der Waals surface area contributed by atoms with Crippen LogP contribution in [0.4, 0.5) is 5.69 Å². The van der Waals surface area contributed by atoms with Crippen LogP contribution < -0.4 is 9.64 Å². The third kappa shape index (κ3) is 2.99. The number of rotatable bonds is 4. The molecule has 0 aromatic heterocycles. The van der Waals surface area contributed by atoms with Crippen LogP contribution in [0.2, 0.25) is 0 Å². The van der Waals surface area contributed by atoms with Crippen molar-refractivity contribution < 1.29 is 19.1 Å². The highest BCUT2D eigenvalue weighted by atomic mass is 16.5. The molecule has 0 saturated heterocycles. The molecule has 3 aromatic carbocycles. The number of anilines is 1. The first kappa shape index (κ1) is 21.0. The summed E-state index contributed by atoms with van der Waals surface area (Å²) in [6.07, 6.45) is 0.232. The van der Waals surface area contributed by atoms with Crippen LogP contribution in [-0.4, -0.2) is 32.6 Å². The van der Waals surface area contributed by atoms with Gasteiger partial charge in [-0.1, -0.05) is 54.6 Å². The summed E-state index contributed by atoms with van der Waals surface area (Å²) in [5, 5.41) is 0. The predicted molar refractivity (Wildman–Crippen MR) is 127 cm³/mol. The van der Waals surface area contributed by atoms with E-state index in [0.717, 1.165) is 33.5 Å². The molecule has 33 heavy (non-hydrogen) atoms. The number of likely N-dealkylation sites (N-methyl/N-ethyl adjacent to an activating group) is 1. The van der Waals surface area contributed by atoms with Gasteiger partial charge in [0.15, 0.2) is 0 Å². The number of hydrogen-bond donors (Lipinski definition) is 0. The minimum atomic E-state index is -1.01. The van der Waals surface area contributed by atoms with Crippen LogP contribution in [0.3, 0.4) is 0 Å². The summed E-state index contributed by atoms with van der Waals surface area (Å²) in [4.78, 5) is 29.0. The average molecular weight is 440 g/mol. The molecule has 1 unspecified atom stereocenters. The summed E-state index contributed by atoms with van der Waals surface area (Å²) in [5.74, 6) is 0.211. The lowest BCUT2D eigenvalue weighted by molar-refractivity contribution is -0.138. The van der Waals surface area contributed by atoms with E-state index >= 15 is 0 Å². The molecule has 1 amide bonds. The van der Waals surface area contributed by atoms with E-state index in [0.29, 0.717) is 11.3 Å². The number of fused-ring (bicyclic) bond motifs is 4. The Hall–Kier alpha value is -3.86. The Morgan fingerprint density at radius 3 is 2.45 bits per heavy atom. The van der Waals surface area contributed by atoms with E-state index in [4.69, 9.17) is 9.47 Å². The largest absolute Gasteiger partial charge is 0.497 e. The molecule has 1 atom stereocenters. The van der Waals surface area contributed by atoms with Crippen LogP contribution in [0.15, 0.2) is 78.4 Å². The molecule has 2 aliphatic rings. The molecule has 0 saturated carbocycles. The zero-order chi connectivity index (χ0) is 23.2. The van der Waals surface area contributed by atoms with Crippen LogP contribution in [0.1, 0.15) is 35.6 Å². The van der Waals surface area contributed by atoms with Crippen molar-refractivity contribution in [2.45, 2.75) is 18.8 Å². The average Bonchev–Trinajstić information content (AvgIpc) is 3.06. The maximum atomic E-state index is 13.9. The van der Waals surface area contributed by atoms with Gasteiger partial charge in [-0.2, -0.15) is 0 Å². The zero-order valence-corrected chi connectivity index (χ0v) is 18.9. The number of nitrogens with zero attached hydrogens (tertiary/aromatic N) is 1. The molecule has 1 aliphatic heterocycles. The van der Waals surface area contributed by atoms with E-state index in [9.17, 15) is 9.59 Å². The molecule has 0 N–H and O–H groups in total. The number of benzene rings is 3. The van der Waals surface area contributed by atoms with Crippen molar-refractivity contribution in [1.29, 1.82) is 0 Å². The van der Waals surface area contributed by atoms with E-state index in [1.165, 1.54) is 0 Å². The molecule has 0 radical (unpaired) electrons. The fourth-order valence-electron chi connectivity index (χ4n) is 5.24. The van der Waals surface area contributed by atoms with Gasteiger partial charge in [0.2, 0.25) is 5.91 Å². The standard InChI is InChI=1S/C28H25NO4/c1-4-33-26(30)21-17-28(23-12-8-9-13-24(23)29(2)27(28)31)22-15-14-19(32-3)16-20(22)25(21)18-10-6-5-7-11-18/h5-16H,4,17H2,1-3H3. The fraction of sp³-hybridized carbons (Fsp3) is 0.214. The molecule has 3 aromatic rings. The molecular weight excluding hydrogens is 414 g/mol. The fourth-order valence-corrected chi connectivity index (χ4v) is 5.24. The van der Waals surface area contributed by atoms with Crippen LogP contribution in [0.25, 0.3) is 5.57 Å². The summed E-state index contributed by atoms with van der Waals surface area (Å²) in [7, 11) is 3.40. The first-order chi connectivity index (χ1) is 16.0. The summed E-state index contributed by atoms with van der Waals surface area (Å²) in [5.41, 5.74) is 4.62. The number of amides is 1. The third-order valence-electron chi connectivity index (χ3n) is 6.68. The second-order valence-electron chi connectivity index (χ2n) is 8.31. The van der Waals surface area contributed by atoms with Crippen LogP contribution in [0, 0.1) is 0 Å². The summed E-state index contributed by atoms with van der Waals surface area (Å²) in [6.45, 7) is 2.05. The predicted octanol–water partition coefficient (Wildman–Crippen LogP) is 4.73. The highest BCUT2D eigenvalue weighted by Gasteiger charge is 2.55. The third-order valence-corrected chi connectivity index (χ3v) is 6.68. The van der Waals surface area contributed by atoms with Gasteiger partial charge >= 0.3 is 5.97 Å². The number of carbonyl (C=O) groups excluding carboxylic acids is 2. The Kier molecular flexibility index (Phi) is 5.05. The lowest BCUT2D eigenvalue weighted by atomic mass is 9.64. The summed E-state index contributed by atoms with van der Waals surface area (Å²) >= 11 is 0. The van der Waals surface area contributed by atoms with Gasteiger partial charge in [-0.05, 0) is 52.9 Å². The van der Waals surface area contributed by atoms with Gasteiger partial charge in [-0.15, -0.1) is 0 Å². The van der Waals surface area contributed by atoms with E-state index in [-0.39, 0.29) is 18.9 Å². The van der Waals surface area contributed by atoms with Gasteiger partial charge in [0.1, 0.15) is 11.2 Å². The van der Waals surface area contributed by atoms with Gasteiger partial charge in [0, 0.05) is 24.7 Å². The molecule has 1 spiro atoms. The van der Waals surface area contributed by atoms with Gasteiger partial charge in [0.05, 0.1) is 13.7 Å². The number of ether oxygens (including phenoxy) is 2. The first-order valence-corrected chi connectivity index (χ1v) is 11.0. The molecule has 1 heterocycles. The number of hydrogen-bond acceptors (Lipinski definition) is 4. The van der Waals surface area contributed by atoms with E-state index in [2.05, 4.69) is 0 Å². The van der Waals surface area contributed by atoms with Crippen molar-refractivity contribution in [1.82, 2.24) is 0 Å². The molecule has 1 aliphatic carbocycles. The number of esters is 1. The quantitative estimate of drug-likeness (QED) is 0.552. The highest BCUT2D eigenvalue weighted by Crippen LogP contribution is 2.55. The van der Waals surface area contributed by atoms with E-state index in [1.807, 2.05) is 72.8 Å². The Bertz CT molecular complexity index is 1290. The van der Waals surface area contributed by atoms with Crippen molar-refractivity contribution in [2.75, 3.05) is 25.7 Å². The van der Waals surface area contributed by atoms with Crippen LogP contribution in [-0.2, 0) is 19.7 Å². The minimum absolute atomic E-state index is 0.0518. The molecule has 0 fully saturated rings. The summed E-state index contributed by atoms with van der Waals surface area (Å²) < 4.78 is 11.0. The van der Waals surface area contributed by atoms with Gasteiger partial charge in [-0.25, -0.2) is 4.79 Å². The molecule has 166 valence electrons. The molecule has 0 bridgehead atoms. The van der Waals surface area contributed by atoms with Gasteiger partial charge in [-0.3, -0.25) is 4.79 Å². The minimum Gasteiger partial charge on any atom is -0.497 e. The number of carbonyl (C=O) groups is 2. The van der Waals surface area contributed by atoms with Gasteiger partial charge in [0.25, 0.3) is 0 Å². The molecule has 5 nitrogen and oxygen atoms in total. The summed E-state index contributed by atoms with van der Waals surface area (Å²) in [6, 6.07) is 23.4. The highest BCUT2D eigenvalue weighted by molar-refractivity contribution is 6.15. The lowest BCUT2D eigenvalue weighted by Crippen LogP contribution is -2.43. The smallest absolute Gasteiger partial charge is 0.334 e. The Balaban J connectivity index is 1.88. The monoisotopic (exact) mass is 439 g/mol. The number of para-hydroxylation sites is 1. The van der Waals surface area contributed by atoms with E-state index < -0.39 is 11.4 Å². The normalized spacial score (nSPS) is 18.9. The Morgan fingerprint density at radius 2 is 1.73 bits per heavy atom. The zero-order valence-electron chi connectivity index (χ0n) is 18.9. The first-order valence-electron chi connectivity index (χ1n) is 11.0.